The first-order chi connectivity index (χ1) is 15.9. The Kier molecular flexibility index (Phi) is 5.05. The number of anilines is 2. The second-order valence-corrected chi connectivity index (χ2v) is 8.31. The van der Waals surface area contributed by atoms with Gasteiger partial charge in [0.1, 0.15) is 11.5 Å². The van der Waals surface area contributed by atoms with Crippen LogP contribution in [0.15, 0.2) is 65.7 Å². The number of aromatic carboxylic acids is 1. The van der Waals surface area contributed by atoms with Crippen molar-refractivity contribution in [2.45, 2.75) is 33.0 Å². The van der Waals surface area contributed by atoms with Gasteiger partial charge in [-0.3, -0.25) is 9.20 Å². The smallest absolute Gasteiger partial charge is 0.356 e. The van der Waals surface area contributed by atoms with E-state index in [2.05, 4.69) is 27.3 Å². The third-order valence-corrected chi connectivity index (χ3v) is 5.93. The van der Waals surface area contributed by atoms with Gasteiger partial charge in [0, 0.05) is 37.1 Å². The van der Waals surface area contributed by atoms with Crippen LogP contribution in [0.3, 0.4) is 0 Å². The van der Waals surface area contributed by atoms with E-state index >= 15 is 0 Å². The Bertz CT molecular complexity index is 1420. The Morgan fingerprint density at radius 2 is 1.85 bits per heavy atom. The molecule has 0 unspecified atom stereocenters. The van der Waals surface area contributed by atoms with Gasteiger partial charge >= 0.3 is 5.97 Å². The standard InChI is InChI=1S/C25H23N5O3/c1-15-10-19(16(2)27-20-8-5-9-26-23(20)25(32)33)24-28-21(11-22(31)30(24)12-15)29-13-17-6-3-4-7-18(17)14-29/h3-12,16,27H,13-14H2,1-2H3,(H,32,33)/t16-/m1/s1. The van der Waals surface area contributed by atoms with E-state index in [0.29, 0.717) is 30.2 Å². The maximum absolute atomic E-state index is 13.0. The molecule has 4 aromatic rings. The summed E-state index contributed by atoms with van der Waals surface area (Å²) in [6, 6.07) is 14.8. The molecule has 1 aliphatic rings. The lowest BCUT2D eigenvalue weighted by atomic mass is 10.1. The summed E-state index contributed by atoms with van der Waals surface area (Å²) in [6.07, 6.45) is 3.22. The van der Waals surface area contributed by atoms with Gasteiger partial charge in [-0.05, 0) is 48.7 Å². The van der Waals surface area contributed by atoms with Crippen molar-refractivity contribution in [3.63, 3.8) is 0 Å². The van der Waals surface area contributed by atoms with E-state index in [-0.39, 0.29) is 17.3 Å². The van der Waals surface area contributed by atoms with Crippen LogP contribution in [0.25, 0.3) is 5.65 Å². The highest BCUT2D eigenvalue weighted by Crippen LogP contribution is 2.29. The lowest BCUT2D eigenvalue weighted by molar-refractivity contribution is 0.0691. The van der Waals surface area contributed by atoms with Crippen molar-refractivity contribution >= 4 is 23.1 Å². The van der Waals surface area contributed by atoms with Crippen LogP contribution >= 0.6 is 0 Å². The minimum atomic E-state index is -1.11. The van der Waals surface area contributed by atoms with Crippen molar-refractivity contribution in [3.05, 3.63) is 99.2 Å². The predicted molar refractivity (Wildman–Crippen MR) is 126 cm³/mol. The van der Waals surface area contributed by atoms with Crippen LogP contribution in [0.2, 0.25) is 0 Å². The molecule has 5 rings (SSSR count). The van der Waals surface area contributed by atoms with Crippen LogP contribution in [-0.2, 0) is 13.1 Å². The number of rotatable bonds is 5. The van der Waals surface area contributed by atoms with E-state index < -0.39 is 5.97 Å². The Balaban J connectivity index is 1.57. The number of carbonyl (C=O) groups is 1. The van der Waals surface area contributed by atoms with Crippen LogP contribution in [0.1, 0.15) is 45.7 Å². The number of fused-ring (bicyclic) bond motifs is 2. The van der Waals surface area contributed by atoms with Gasteiger partial charge in [0.2, 0.25) is 0 Å². The van der Waals surface area contributed by atoms with Crippen molar-refractivity contribution in [3.8, 4) is 0 Å². The summed E-state index contributed by atoms with van der Waals surface area (Å²) < 4.78 is 1.55. The van der Waals surface area contributed by atoms with Crippen LogP contribution in [-0.4, -0.2) is 25.4 Å². The number of hydrogen-bond donors (Lipinski definition) is 2. The van der Waals surface area contributed by atoms with Gasteiger partial charge in [0.25, 0.3) is 5.56 Å². The Morgan fingerprint density at radius 1 is 1.12 bits per heavy atom. The van der Waals surface area contributed by atoms with Gasteiger partial charge in [-0.2, -0.15) is 0 Å². The SMILES string of the molecule is Cc1cc([C@@H](C)Nc2cccnc2C(=O)O)c2nc(N3Cc4ccccc4C3)cc(=O)n2c1. The average Bonchev–Trinajstić information content (AvgIpc) is 3.23. The molecular weight excluding hydrogens is 418 g/mol. The maximum Gasteiger partial charge on any atom is 0.356 e. The molecule has 1 aliphatic heterocycles. The largest absolute Gasteiger partial charge is 0.476 e. The summed E-state index contributed by atoms with van der Waals surface area (Å²) in [4.78, 5) is 35.6. The third kappa shape index (κ3) is 3.80. The number of benzene rings is 1. The third-order valence-electron chi connectivity index (χ3n) is 5.93. The molecular formula is C25H23N5O3. The average molecular weight is 441 g/mol. The fourth-order valence-corrected chi connectivity index (χ4v) is 4.34. The zero-order valence-electron chi connectivity index (χ0n) is 18.3. The van der Waals surface area contributed by atoms with Gasteiger partial charge in [-0.15, -0.1) is 0 Å². The van der Waals surface area contributed by atoms with Gasteiger partial charge in [-0.1, -0.05) is 24.3 Å². The molecule has 1 atom stereocenters. The number of pyridine rings is 2. The summed E-state index contributed by atoms with van der Waals surface area (Å²) in [5.41, 5.74) is 4.91. The quantitative estimate of drug-likeness (QED) is 0.486. The molecule has 0 aliphatic carbocycles. The lowest BCUT2D eigenvalue weighted by Gasteiger charge is -2.21. The summed E-state index contributed by atoms with van der Waals surface area (Å²) in [6.45, 7) is 5.23. The second kappa shape index (κ2) is 8.05. The monoisotopic (exact) mass is 441 g/mol. The molecule has 3 aromatic heterocycles. The van der Waals surface area contributed by atoms with Gasteiger partial charge in [0.15, 0.2) is 5.69 Å². The zero-order chi connectivity index (χ0) is 23.1. The van der Waals surface area contributed by atoms with E-state index in [1.54, 1.807) is 28.8 Å². The maximum atomic E-state index is 13.0. The number of nitrogens with zero attached hydrogens (tertiary/aromatic N) is 4. The van der Waals surface area contributed by atoms with Crippen LogP contribution in [0.5, 0.6) is 0 Å². The van der Waals surface area contributed by atoms with Crippen molar-refractivity contribution in [2.24, 2.45) is 0 Å². The summed E-state index contributed by atoms with van der Waals surface area (Å²) in [5.74, 6) is -0.481. The highest BCUT2D eigenvalue weighted by molar-refractivity contribution is 5.91. The number of carboxylic acids is 1. The number of aromatic nitrogens is 3. The summed E-state index contributed by atoms with van der Waals surface area (Å²) in [5, 5.41) is 12.7. The Hall–Kier alpha value is -4.20. The predicted octanol–water partition coefficient (Wildman–Crippen LogP) is 3.79. The molecule has 8 heteroatoms. The normalized spacial score (nSPS) is 13.7. The molecule has 0 amide bonds. The van der Waals surface area contributed by atoms with Crippen LogP contribution in [0, 0.1) is 6.92 Å². The van der Waals surface area contributed by atoms with E-state index in [1.807, 2.05) is 32.0 Å². The molecule has 0 radical (unpaired) electrons. The van der Waals surface area contributed by atoms with E-state index in [0.717, 1.165) is 11.1 Å². The highest BCUT2D eigenvalue weighted by Gasteiger charge is 2.22. The fraction of sp³-hybridized carbons (Fsp3) is 0.200. The van der Waals surface area contributed by atoms with Crippen LogP contribution < -0.4 is 15.8 Å². The minimum Gasteiger partial charge on any atom is -0.476 e. The van der Waals surface area contributed by atoms with Crippen molar-refractivity contribution in [1.29, 1.82) is 0 Å². The molecule has 8 nitrogen and oxygen atoms in total. The molecule has 2 N–H and O–H groups in total. The Labute approximate surface area is 190 Å². The molecule has 4 heterocycles. The number of aryl methyl sites for hydroxylation is 1. The minimum absolute atomic E-state index is 0.0537. The first-order valence-electron chi connectivity index (χ1n) is 10.7. The highest BCUT2D eigenvalue weighted by atomic mass is 16.4. The van der Waals surface area contributed by atoms with Crippen LogP contribution in [0.4, 0.5) is 11.5 Å². The molecule has 0 fully saturated rings. The number of nitrogens with one attached hydrogen (secondary N) is 1. The van der Waals surface area contributed by atoms with Crippen molar-refractivity contribution in [2.75, 3.05) is 10.2 Å². The number of hydrogen-bond acceptors (Lipinski definition) is 6. The zero-order valence-corrected chi connectivity index (χ0v) is 18.3. The molecule has 0 spiro atoms. The van der Waals surface area contributed by atoms with E-state index in [1.165, 1.54) is 17.3 Å². The Morgan fingerprint density at radius 3 is 2.55 bits per heavy atom. The molecule has 166 valence electrons. The lowest BCUT2D eigenvalue weighted by Crippen LogP contribution is -2.23. The second-order valence-electron chi connectivity index (χ2n) is 8.31. The molecule has 33 heavy (non-hydrogen) atoms. The van der Waals surface area contributed by atoms with E-state index in [9.17, 15) is 14.7 Å². The van der Waals surface area contributed by atoms with Gasteiger partial charge < -0.3 is 15.3 Å². The van der Waals surface area contributed by atoms with Gasteiger partial charge in [-0.25, -0.2) is 14.8 Å². The molecule has 0 bridgehead atoms. The summed E-state index contributed by atoms with van der Waals surface area (Å²) in [7, 11) is 0. The van der Waals surface area contributed by atoms with Crippen molar-refractivity contribution < 1.29 is 9.90 Å². The number of carboxylic acid groups (broad SMARTS) is 1. The fourth-order valence-electron chi connectivity index (χ4n) is 4.34. The van der Waals surface area contributed by atoms with E-state index in [4.69, 9.17) is 4.98 Å². The summed E-state index contributed by atoms with van der Waals surface area (Å²) >= 11 is 0. The molecule has 0 saturated heterocycles. The topological polar surface area (TPSA) is 99.8 Å². The first-order valence-corrected chi connectivity index (χ1v) is 10.7. The molecule has 0 saturated carbocycles. The first kappa shape index (κ1) is 20.7. The molecule has 1 aromatic carbocycles. The van der Waals surface area contributed by atoms with Gasteiger partial charge in [0.05, 0.1) is 11.7 Å². The van der Waals surface area contributed by atoms with Crippen molar-refractivity contribution in [1.82, 2.24) is 14.4 Å².